The molecule has 0 bridgehead atoms. The van der Waals surface area contributed by atoms with Crippen LogP contribution in [0.4, 0.5) is 4.39 Å². The fourth-order valence-corrected chi connectivity index (χ4v) is 2.23. The number of piperidine rings is 1. The molecular weight excluding hydrogens is 205 g/mol. The Labute approximate surface area is 95.5 Å². The highest BCUT2D eigenvalue weighted by atomic mass is 19.1. The number of aliphatic hydroxyl groups is 1. The summed E-state index contributed by atoms with van der Waals surface area (Å²) in [7, 11) is 0. The number of nitrogens with one attached hydrogen (secondary N) is 1. The van der Waals surface area contributed by atoms with Crippen LogP contribution in [0.3, 0.4) is 0 Å². The summed E-state index contributed by atoms with van der Waals surface area (Å²) in [6.45, 7) is 3.61. The second-order valence-electron chi connectivity index (χ2n) is 4.54. The SMILES string of the molecule is Cc1ccc(C(O)C2CCNCC2)cc1F. The molecule has 16 heavy (non-hydrogen) atoms. The van der Waals surface area contributed by atoms with E-state index in [0.29, 0.717) is 11.1 Å². The third kappa shape index (κ3) is 2.42. The van der Waals surface area contributed by atoms with Crippen molar-refractivity contribution in [3.8, 4) is 0 Å². The van der Waals surface area contributed by atoms with Crippen molar-refractivity contribution in [2.75, 3.05) is 13.1 Å². The summed E-state index contributed by atoms with van der Waals surface area (Å²) in [5.74, 6) is 0.0221. The first-order valence-electron chi connectivity index (χ1n) is 5.83. The number of rotatable bonds is 2. The Morgan fingerprint density at radius 3 is 2.69 bits per heavy atom. The number of aliphatic hydroxyl groups excluding tert-OH is 1. The van der Waals surface area contributed by atoms with Gasteiger partial charge >= 0.3 is 0 Å². The fourth-order valence-electron chi connectivity index (χ4n) is 2.23. The molecule has 0 aliphatic carbocycles. The van der Waals surface area contributed by atoms with Gasteiger partial charge in [-0.15, -0.1) is 0 Å². The largest absolute Gasteiger partial charge is 0.388 e. The molecule has 2 nitrogen and oxygen atoms in total. The van der Waals surface area contributed by atoms with Crippen LogP contribution in [0.25, 0.3) is 0 Å². The van der Waals surface area contributed by atoms with Crippen LogP contribution < -0.4 is 5.32 Å². The third-order valence-electron chi connectivity index (χ3n) is 3.37. The lowest BCUT2D eigenvalue weighted by molar-refractivity contribution is 0.0886. The zero-order valence-electron chi connectivity index (χ0n) is 9.54. The van der Waals surface area contributed by atoms with Gasteiger partial charge in [0, 0.05) is 0 Å². The highest BCUT2D eigenvalue weighted by Crippen LogP contribution is 2.29. The molecule has 1 fully saturated rings. The van der Waals surface area contributed by atoms with E-state index < -0.39 is 6.10 Å². The van der Waals surface area contributed by atoms with Gasteiger partial charge in [-0.2, -0.15) is 0 Å². The first kappa shape index (κ1) is 11.6. The van der Waals surface area contributed by atoms with Crippen molar-refractivity contribution in [2.24, 2.45) is 5.92 Å². The molecule has 1 unspecified atom stereocenters. The lowest BCUT2D eigenvalue weighted by Crippen LogP contribution is -2.30. The van der Waals surface area contributed by atoms with E-state index in [9.17, 15) is 9.50 Å². The molecule has 1 atom stereocenters. The normalized spacial score (nSPS) is 19.7. The summed E-state index contributed by atoms with van der Waals surface area (Å²) >= 11 is 0. The Balaban J connectivity index is 2.12. The quantitative estimate of drug-likeness (QED) is 0.805. The van der Waals surface area contributed by atoms with Crippen LogP contribution in [0.5, 0.6) is 0 Å². The summed E-state index contributed by atoms with van der Waals surface area (Å²) in [6.07, 6.45) is 1.38. The molecule has 1 saturated heterocycles. The minimum Gasteiger partial charge on any atom is -0.388 e. The van der Waals surface area contributed by atoms with Gasteiger partial charge in [-0.25, -0.2) is 4.39 Å². The topological polar surface area (TPSA) is 32.3 Å². The molecule has 1 aromatic carbocycles. The van der Waals surface area contributed by atoms with Crippen molar-refractivity contribution in [1.82, 2.24) is 5.32 Å². The van der Waals surface area contributed by atoms with E-state index >= 15 is 0 Å². The molecule has 2 N–H and O–H groups in total. The molecule has 2 rings (SSSR count). The van der Waals surface area contributed by atoms with Gasteiger partial charge in [0.15, 0.2) is 0 Å². The summed E-state index contributed by atoms with van der Waals surface area (Å²) in [6, 6.07) is 5.02. The standard InChI is InChI=1S/C13H18FNO/c1-9-2-3-11(8-12(9)14)13(16)10-4-6-15-7-5-10/h2-3,8,10,13,15-16H,4-7H2,1H3. The van der Waals surface area contributed by atoms with Crippen LogP contribution in [0.15, 0.2) is 18.2 Å². The van der Waals surface area contributed by atoms with Crippen LogP contribution in [0, 0.1) is 18.7 Å². The van der Waals surface area contributed by atoms with Crippen LogP contribution in [0.1, 0.15) is 30.1 Å². The first-order valence-corrected chi connectivity index (χ1v) is 5.83. The maximum Gasteiger partial charge on any atom is 0.126 e. The zero-order valence-corrected chi connectivity index (χ0v) is 9.54. The van der Waals surface area contributed by atoms with E-state index in [1.54, 1.807) is 13.0 Å². The van der Waals surface area contributed by atoms with Crippen molar-refractivity contribution in [3.05, 3.63) is 35.1 Å². The average Bonchev–Trinajstić information content (AvgIpc) is 2.33. The van der Waals surface area contributed by atoms with Crippen LogP contribution in [-0.4, -0.2) is 18.2 Å². The van der Waals surface area contributed by atoms with Crippen molar-refractivity contribution in [3.63, 3.8) is 0 Å². The number of benzene rings is 1. The minimum absolute atomic E-state index is 0.231. The highest BCUT2D eigenvalue weighted by molar-refractivity contribution is 5.25. The Hall–Kier alpha value is -0.930. The second kappa shape index (κ2) is 4.93. The molecule has 0 saturated carbocycles. The molecule has 0 aromatic heterocycles. The molecule has 1 aliphatic heterocycles. The van der Waals surface area contributed by atoms with Gasteiger partial charge in [0.2, 0.25) is 0 Å². The number of aryl methyl sites for hydroxylation is 1. The van der Waals surface area contributed by atoms with E-state index in [1.165, 1.54) is 6.07 Å². The predicted molar refractivity (Wildman–Crippen MR) is 61.7 cm³/mol. The molecule has 88 valence electrons. The monoisotopic (exact) mass is 223 g/mol. The molecule has 0 spiro atoms. The van der Waals surface area contributed by atoms with Crippen LogP contribution >= 0.6 is 0 Å². The summed E-state index contributed by atoms with van der Waals surface area (Å²) in [4.78, 5) is 0. The van der Waals surface area contributed by atoms with Gasteiger partial charge in [0.1, 0.15) is 5.82 Å². The smallest absolute Gasteiger partial charge is 0.126 e. The zero-order chi connectivity index (χ0) is 11.5. The maximum atomic E-state index is 13.4. The van der Waals surface area contributed by atoms with Crippen molar-refractivity contribution < 1.29 is 9.50 Å². The molecule has 0 radical (unpaired) electrons. The number of hydrogen-bond donors (Lipinski definition) is 2. The third-order valence-corrected chi connectivity index (χ3v) is 3.37. The second-order valence-corrected chi connectivity index (χ2v) is 4.54. The molecule has 1 aliphatic rings. The summed E-state index contributed by atoms with van der Waals surface area (Å²) in [5, 5.41) is 13.4. The van der Waals surface area contributed by atoms with Crippen molar-refractivity contribution in [2.45, 2.75) is 25.9 Å². The Kier molecular flexibility index (Phi) is 3.56. The van der Waals surface area contributed by atoms with E-state index in [2.05, 4.69) is 5.32 Å². The summed E-state index contributed by atoms with van der Waals surface area (Å²) in [5.41, 5.74) is 1.33. The molecular formula is C13H18FNO. The van der Waals surface area contributed by atoms with Gasteiger partial charge in [-0.05, 0) is 56.0 Å². The Bertz CT molecular complexity index is 361. The maximum absolute atomic E-state index is 13.4. The van der Waals surface area contributed by atoms with Gasteiger partial charge in [-0.1, -0.05) is 12.1 Å². The van der Waals surface area contributed by atoms with E-state index in [1.807, 2.05) is 6.07 Å². The Morgan fingerprint density at radius 2 is 2.06 bits per heavy atom. The van der Waals surface area contributed by atoms with Crippen LogP contribution in [0.2, 0.25) is 0 Å². The lowest BCUT2D eigenvalue weighted by atomic mass is 9.88. The molecule has 1 aromatic rings. The molecule has 0 amide bonds. The van der Waals surface area contributed by atoms with Gasteiger partial charge in [-0.3, -0.25) is 0 Å². The summed E-state index contributed by atoms with van der Waals surface area (Å²) < 4.78 is 13.4. The average molecular weight is 223 g/mol. The van der Waals surface area contributed by atoms with Gasteiger partial charge < -0.3 is 10.4 Å². The van der Waals surface area contributed by atoms with Crippen molar-refractivity contribution >= 4 is 0 Å². The number of halogens is 1. The number of hydrogen-bond acceptors (Lipinski definition) is 2. The van der Waals surface area contributed by atoms with E-state index in [-0.39, 0.29) is 11.7 Å². The fraction of sp³-hybridized carbons (Fsp3) is 0.538. The van der Waals surface area contributed by atoms with Gasteiger partial charge in [0.25, 0.3) is 0 Å². The Morgan fingerprint density at radius 1 is 1.38 bits per heavy atom. The molecule has 3 heteroatoms. The first-order chi connectivity index (χ1) is 7.68. The highest BCUT2D eigenvalue weighted by Gasteiger charge is 2.23. The lowest BCUT2D eigenvalue weighted by Gasteiger charge is -2.27. The predicted octanol–water partition coefficient (Wildman–Crippen LogP) is 2.17. The van der Waals surface area contributed by atoms with Gasteiger partial charge in [0.05, 0.1) is 6.10 Å². The molecule has 1 heterocycles. The van der Waals surface area contributed by atoms with E-state index in [4.69, 9.17) is 0 Å². The van der Waals surface area contributed by atoms with E-state index in [0.717, 1.165) is 25.9 Å². The van der Waals surface area contributed by atoms with Crippen LogP contribution in [-0.2, 0) is 0 Å². The van der Waals surface area contributed by atoms with Crippen molar-refractivity contribution in [1.29, 1.82) is 0 Å². The minimum atomic E-state index is -0.530.